The third-order valence-corrected chi connectivity index (χ3v) is 3.65. The zero-order chi connectivity index (χ0) is 15.4. The number of nitrogens with one attached hydrogen (secondary N) is 1. The Morgan fingerprint density at radius 3 is 2.67 bits per heavy atom. The standard InChI is InChI=1S/C16H18BrNO3/c1-4-20-15-6-5-13(8-12(15)9-17)18-16(19)14-7-10(2)21-11(14)3/h5-8H,4,9H2,1-3H3,(H,18,19). The molecule has 0 unspecified atom stereocenters. The SMILES string of the molecule is CCOc1ccc(NC(=O)c2cc(C)oc2C)cc1CBr. The zero-order valence-corrected chi connectivity index (χ0v) is 13.9. The van der Waals surface area contributed by atoms with Gasteiger partial charge in [-0.1, -0.05) is 15.9 Å². The van der Waals surface area contributed by atoms with Gasteiger partial charge in [0.25, 0.3) is 5.91 Å². The fourth-order valence-electron chi connectivity index (χ4n) is 2.11. The summed E-state index contributed by atoms with van der Waals surface area (Å²) in [5, 5.41) is 3.54. The second-order valence-electron chi connectivity index (χ2n) is 4.67. The van der Waals surface area contributed by atoms with Gasteiger partial charge in [0, 0.05) is 16.6 Å². The first-order valence-corrected chi connectivity index (χ1v) is 7.87. The van der Waals surface area contributed by atoms with Crippen molar-refractivity contribution in [2.24, 2.45) is 0 Å². The first-order valence-electron chi connectivity index (χ1n) is 6.75. The van der Waals surface area contributed by atoms with E-state index in [4.69, 9.17) is 9.15 Å². The Labute approximate surface area is 132 Å². The third-order valence-electron chi connectivity index (χ3n) is 3.05. The summed E-state index contributed by atoms with van der Waals surface area (Å²) in [6.07, 6.45) is 0. The van der Waals surface area contributed by atoms with E-state index in [1.165, 1.54) is 0 Å². The monoisotopic (exact) mass is 351 g/mol. The molecule has 1 amide bonds. The van der Waals surface area contributed by atoms with Gasteiger partial charge in [-0.25, -0.2) is 0 Å². The number of halogens is 1. The number of ether oxygens (including phenoxy) is 1. The van der Waals surface area contributed by atoms with Crippen LogP contribution in [0.1, 0.15) is 34.4 Å². The van der Waals surface area contributed by atoms with E-state index in [1.807, 2.05) is 32.0 Å². The Balaban J connectivity index is 2.19. The number of benzene rings is 1. The van der Waals surface area contributed by atoms with Crippen LogP contribution in [0.4, 0.5) is 5.69 Å². The Hall–Kier alpha value is -1.75. The average molecular weight is 352 g/mol. The van der Waals surface area contributed by atoms with Gasteiger partial charge in [-0.15, -0.1) is 0 Å². The lowest BCUT2D eigenvalue weighted by Crippen LogP contribution is -2.12. The van der Waals surface area contributed by atoms with Crippen LogP contribution < -0.4 is 10.1 Å². The highest BCUT2D eigenvalue weighted by Crippen LogP contribution is 2.26. The normalized spacial score (nSPS) is 10.5. The molecule has 0 fully saturated rings. The molecule has 0 bridgehead atoms. The number of hydrogen-bond donors (Lipinski definition) is 1. The highest BCUT2D eigenvalue weighted by atomic mass is 79.9. The smallest absolute Gasteiger partial charge is 0.259 e. The highest BCUT2D eigenvalue weighted by Gasteiger charge is 2.14. The van der Waals surface area contributed by atoms with Crippen LogP contribution in [0, 0.1) is 13.8 Å². The van der Waals surface area contributed by atoms with E-state index in [9.17, 15) is 4.79 Å². The molecule has 0 saturated heterocycles. The van der Waals surface area contributed by atoms with Crippen molar-refractivity contribution < 1.29 is 13.9 Å². The lowest BCUT2D eigenvalue weighted by atomic mass is 10.2. The maximum Gasteiger partial charge on any atom is 0.259 e. The van der Waals surface area contributed by atoms with Gasteiger partial charge >= 0.3 is 0 Å². The number of anilines is 1. The van der Waals surface area contributed by atoms with E-state index >= 15 is 0 Å². The molecule has 1 aromatic heterocycles. The largest absolute Gasteiger partial charge is 0.494 e. The van der Waals surface area contributed by atoms with Crippen molar-refractivity contribution in [3.8, 4) is 5.75 Å². The van der Waals surface area contributed by atoms with Crippen LogP contribution in [0.3, 0.4) is 0 Å². The van der Waals surface area contributed by atoms with Crippen molar-refractivity contribution in [1.82, 2.24) is 0 Å². The van der Waals surface area contributed by atoms with Crippen LogP contribution in [-0.2, 0) is 5.33 Å². The van der Waals surface area contributed by atoms with Crippen LogP contribution in [0.25, 0.3) is 0 Å². The molecule has 1 heterocycles. The summed E-state index contributed by atoms with van der Waals surface area (Å²) in [6, 6.07) is 7.34. The second-order valence-corrected chi connectivity index (χ2v) is 5.23. The minimum Gasteiger partial charge on any atom is -0.494 e. The van der Waals surface area contributed by atoms with Crippen LogP contribution in [0.5, 0.6) is 5.75 Å². The number of rotatable bonds is 5. The first-order chi connectivity index (χ1) is 10.0. The maximum absolute atomic E-state index is 12.2. The predicted octanol–water partition coefficient (Wildman–Crippen LogP) is 4.44. The quantitative estimate of drug-likeness (QED) is 0.810. The highest BCUT2D eigenvalue weighted by molar-refractivity contribution is 9.08. The molecule has 0 radical (unpaired) electrons. The van der Waals surface area contributed by atoms with E-state index in [-0.39, 0.29) is 5.91 Å². The van der Waals surface area contributed by atoms with Gasteiger partial charge in [0.05, 0.1) is 12.2 Å². The molecule has 0 aliphatic heterocycles. The predicted molar refractivity (Wildman–Crippen MR) is 86.4 cm³/mol. The number of alkyl halides is 1. The minimum atomic E-state index is -0.172. The van der Waals surface area contributed by atoms with Crippen molar-refractivity contribution in [3.63, 3.8) is 0 Å². The van der Waals surface area contributed by atoms with E-state index in [0.717, 1.165) is 22.8 Å². The average Bonchev–Trinajstić information content (AvgIpc) is 2.79. The fraction of sp³-hybridized carbons (Fsp3) is 0.312. The van der Waals surface area contributed by atoms with Crippen molar-refractivity contribution in [3.05, 3.63) is 46.9 Å². The second kappa shape index (κ2) is 6.80. The summed E-state index contributed by atoms with van der Waals surface area (Å²) >= 11 is 3.43. The molecule has 0 spiro atoms. The number of carbonyl (C=O) groups excluding carboxylic acids is 1. The number of furan rings is 1. The van der Waals surface area contributed by atoms with Gasteiger partial charge in [0.15, 0.2) is 0 Å². The van der Waals surface area contributed by atoms with Gasteiger partial charge < -0.3 is 14.5 Å². The molecule has 4 nitrogen and oxygen atoms in total. The molecular weight excluding hydrogens is 334 g/mol. The maximum atomic E-state index is 12.2. The van der Waals surface area contributed by atoms with Crippen molar-refractivity contribution >= 4 is 27.5 Å². The molecule has 0 aliphatic carbocycles. The lowest BCUT2D eigenvalue weighted by molar-refractivity contribution is 0.102. The van der Waals surface area contributed by atoms with Gasteiger partial charge in [0.1, 0.15) is 17.3 Å². The van der Waals surface area contributed by atoms with Crippen molar-refractivity contribution in [2.75, 3.05) is 11.9 Å². The number of carbonyl (C=O) groups is 1. The van der Waals surface area contributed by atoms with Crippen LogP contribution >= 0.6 is 15.9 Å². The van der Waals surface area contributed by atoms with Crippen molar-refractivity contribution in [1.29, 1.82) is 0 Å². The number of aryl methyl sites for hydroxylation is 2. The molecule has 21 heavy (non-hydrogen) atoms. The molecule has 5 heteroatoms. The Bertz CT molecular complexity index is 649. The van der Waals surface area contributed by atoms with Crippen molar-refractivity contribution in [2.45, 2.75) is 26.1 Å². The zero-order valence-electron chi connectivity index (χ0n) is 12.3. The lowest BCUT2D eigenvalue weighted by Gasteiger charge is -2.11. The molecular formula is C16H18BrNO3. The molecule has 112 valence electrons. The molecule has 1 aromatic carbocycles. The summed E-state index contributed by atoms with van der Waals surface area (Å²) in [5.41, 5.74) is 2.28. The van der Waals surface area contributed by atoms with Crippen LogP contribution in [0.2, 0.25) is 0 Å². The number of hydrogen-bond acceptors (Lipinski definition) is 3. The molecule has 1 N–H and O–H groups in total. The van der Waals surface area contributed by atoms with Crippen LogP contribution in [-0.4, -0.2) is 12.5 Å². The summed E-state index contributed by atoms with van der Waals surface area (Å²) in [7, 11) is 0. The Morgan fingerprint density at radius 2 is 2.10 bits per heavy atom. The summed E-state index contributed by atoms with van der Waals surface area (Å²) in [6.45, 7) is 6.16. The molecule has 0 aliphatic rings. The molecule has 2 aromatic rings. The van der Waals surface area contributed by atoms with Gasteiger partial charge in [0.2, 0.25) is 0 Å². The summed E-state index contributed by atoms with van der Waals surface area (Å²) in [5.74, 6) is 2.00. The van der Waals surface area contributed by atoms with Gasteiger partial charge in [-0.3, -0.25) is 4.79 Å². The first kappa shape index (κ1) is 15.6. The topological polar surface area (TPSA) is 51.5 Å². The fourth-order valence-corrected chi connectivity index (χ4v) is 2.55. The van der Waals surface area contributed by atoms with E-state index in [1.54, 1.807) is 13.0 Å². The van der Waals surface area contributed by atoms with Crippen LogP contribution in [0.15, 0.2) is 28.7 Å². The molecule has 0 atom stereocenters. The number of amides is 1. The van der Waals surface area contributed by atoms with Gasteiger partial charge in [-0.2, -0.15) is 0 Å². The van der Waals surface area contributed by atoms with E-state index < -0.39 is 0 Å². The Kier molecular flexibility index (Phi) is 5.07. The third kappa shape index (κ3) is 3.67. The Morgan fingerprint density at radius 1 is 1.33 bits per heavy atom. The molecule has 0 saturated carbocycles. The summed E-state index contributed by atoms with van der Waals surface area (Å²) in [4.78, 5) is 12.2. The summed E-state index contributed by atoms with van der Waals surface area (Å²) < 4.78 is 10.9. The van der Waals surface area contributed by atoms with E-state index in [2.05, 4.69) is 21.2 Å². The van der Waals surface area contributed by atoms with E-state index in [0.29, 0.717) is 23.3 Å². The molecule has 2 rings (SSSR count). The van der Waals surface area contributed by atoms with Gasteiger partial charge in [-0.05, 0) is 45.0 Å². The minimum absolute atomic E-state index is 0.172.